The Kier molecular flexibility index (Phi) is 4.43. The molecule has 5 rings (SSSR count). The number of carbonyl (C=O) groups excluding carboxylic acids is 1. The van der Waals surface area contributed by atoms with E-state index in [0.717, 1.165) is 46.6 Å². The molecule has 0 aliphatic carbocycles. The quantitative estimate of drug-likeness (QED) is 0.528. The molecule has 0 N–H and O–H groups in total. The van der Waals surface area contributed by atoms with E-state index in [9.17, 15) is 4.79 Å². The summed E-state index contributed by atoms with van der Waals surface area (Å²) in [5.41, 5.74) is 4.47. The number of aromatic nitrogens is 5. The molecule has 8 nitrogen and oxygen atoms in total. The number of aryl methyl sites for hydroxylation is 1. The van der Waals surface area contributed by atoms with Crippen molar-refractivity contribution in [1.82, 2.24) is 29.0 Å². The van der Waals surface area contributed by atoms with Crippen LogP contribution in [0.3, 0.4) is 0 Å². The summed E-state index contributed by atoms with van der Waals surface area (Å²) in [6.45, 7) is 3.26. The molecule has 0 aromatic carbocycles. The average molecular weight is 399 g/mol. The van der Waals surface area contributed by atoms with Crippen molar-refractivity contribution in [1.29, 1.82) is 5.26 Å². The van der Waals surface area contributed by atoms with Crippen molar-refractivity contribution in [2.75, 3.05) is 13.1 Å². The minimum atomic E-state index is -0.107. The van der Waals surface area contributed by atoms with Gasteiger partial charge in [0.05, 0.1) is 29.5 Å². The number of piperidine rings is 1. The SMILES string of the molecule is Cc1nc2ccc(-c3cnn4ccccc34)nc2n1C1CCCN(C(=O)CC#N)C1. The van der Waals surface area contributed by atoms with Crippen molar-refractivity contribution < 1.29 is 4.79 Å². The molecule has 5 heterocycles. The number of carbonyl (C=O) groups is 1. The molecular weight excluding hydrogens is 378 g/mol. The first-order valence-corrected chi connectivity index (χ1v) is 10.1. The highest BCUT2D eigenvalue weighted by atomic mass is 16.2. The number of rotatable bonds is 3. The predicted octanol–water partition coefficient (Wildman–Crippen LogP) is 3.13. The van der Waals surface area contributed by atoms with E-state index in [1.807, 2.05) is 60.2 Å². The molecule has 1 fully saturated rings. The fraction of sp³-hybridized carbons (Fsp3) is 0.318. The minimum absolute atomic E-state index is 0.0759. The van der Waals surface area contributed by atoms with Crippen LogP contribution in [0, 0.1) is 18.3 Å². The van der Waals surface area contributed by atoms with E-state index in [1.54, 1.807) is 4.90 Å². The van der Waals surface area contributed by atoms with Crippen LogP contribution in [0.4, 0.5) is 0 Å². The van der Waals surface area contributed by atoms with Gasteiger partial charge in [-0.3, -0.25) is 4.79 Å². The fourth-order valence-corrected chi connectivity index (χ4v) is 4.38. The largest absolute Gasteiger partial charge is 0.340 e. The molecule has 4 aromatic rings. The third-order valence-corrected chi connectivity index (χ3v) is 5.76. The topological polar surface area (TPSA) is 92.1 Å². The first kappa shape index (κ1) is 18.3. The monoisotopic (exact) mass is 399 g/mol. The molecule has 0 saturated carbocycles. The summed E-state index contributed by atoms with van der Waals surface area (Å²) in [7, 11) is 0. The highest BCUT2D eigenvalue weighted by Gasteiger charge is 2.27. The summed E-state index contributed by atoms with van der Waals surface area (Å²) < 4.78 is 3.99. The first-order chi connectivity index (χ1) is 14.7. The maximum atomic E-state index is 12.2. The van der Waals surface area contributed by atoms with Crippen molar-refractivity contribution in [3.8, 4) is 17.3 Å². The zero-order valence-corrected chi connectivity index (χ0v) is 16.7. The van der Waals surface area contributed by atoms with Gasteiger partial charge >= 0.3 is 0 Å². The van der Waals surface area contributed by atoms with Gasteiger partial charge in [-0.15, -0.1) is 0 Å². The Hall–Kier alpha value is -3.73. The van der Waals surface area contributed by atoms with Gasteiger partial charge in [-0.05, 0) is 44.0 Å². The zero-order chi connectivity index (χ0) is 20.7. The first-order valence-electron chi connectivity index (χ1n) is 10.1. The molecule has 1 saturated heterocycles. The summed E-state index contributed by atoms with van der Waals surface area (Å²) >= 11 is 0. The van der Waals surface area contributed by atoms with E-state index < -0.39 is 0 Å². The number of hydrogen-bond acceptors (Lipinski definition) is 5. The van der Waals surface area contributed by atoms with Crippen LogP contribution in [0.1, 0.15) is 31.1 Å². The Bertz CT molecular complexity index is 1300. The van der Waals surface area contributed by atoms with Gasteiger partial charge in [-0.25, -0.2) is 14.5 Å². The van der Waals surface area contributed by atoms with E-state index in [4.69, 9.17) is 15.2 Å². The Balaban J connectivity index is 1.56. The molecule has 30 heavy (non-hydrogen) atoms. The summed E-state index contributed by atoms with van der Waals surface area (Å²) in [5.74, 6) is 0.776. The van der Waals surface area contributed by atoms with Crippen LogP contribution in [0.2, 0.25) is 0 Å². The normalized spacial score (nSPS) is 16.8. The molecule has 1 atom stereocenters. The Morgan fingerprint density at radius 3 is 3.03 bits per heavy atom. The molecule has 1 aliphatic rings. The molecular formula is C22H21N7O. The molecule has 150 valence electrons. The Morgan fingerprint density at radius 1 is 1.27 bits per heavy atom. The number of nitriles is 1. The lowest BCUT2D eigenvalue weighted by molar-refractivity contribution is -0.131. The van der Waals surface area contributed by atoms with Crippen molar-refractivity contribution in [3.05, 3.63) is 48.5 Å². The lowest BCUT2D eigenvalue weighted by atomic mass is 10.0. The van der Waals surface area contributed by atoms with Gasteiger partial charge < -0.3 is 9.47 Å². The van der Waals surface area contributed by atoms with Gasteiger partial charge in [0.15, 0.2) is 5.65 Å². The predicted molar refractivity (Wildman–Crippen MR) is 112 cm³/mol. The Labute approximate surface area is 173 Å². The number of imidazole rings is 1. The second-order valence-corrected chi connectivity index (χ2v) is 7.63. The van der Waals surface area contributed by atoms with Gasteiger partial charge in [-0.2, -0.15) is 10.4 Å². The highest BCUT2D eigenvalue weighted by Crippen LogP contribution is 2.30. The van der Waals surface area contributed by atoms with Crippen LogP contribution in [0.5, 0.6) is 0 Å². The second kappa shape index (κ2) is 7.26. The molecule has 0 spiro atoms. The zero-order valence-electron chi connectivity index (χ0n) is 16.7. The lowest BCUT2D eigenvalue weighted by Gasteiger charge is -2.33. The van der Waals surface area contributed by atoms with Crippen LogP contribution >= 0.6 is 0 Å². The molecule has 0 radical (unpaired) electrons. The van der Waals surface area contributed by atoms with Crippen molar-refractivity contribution in [3.63, 3.8) is 0 Å². The van der Waals surface area contributed by atoms with Gasteiger partial charge in [0.1, 0.15) is 17.8 Å². The number of hydrogen-bond donors (Lipinski definition) is 0. The molecule has 8 heteroatoms. The van der Waals surface area contributed by atoms with E-state index in [1.165, 1.54) is 0 Å². The molecule has 4 aromatic heterocycles. The van der Waals surface area contributed by atoms with Gasteiger partial charge in [0.2, 0.25) is 5.91 Å². The van der Waals surface area contributed by atoms with E-state index in [-0.39, 0.29) is 18.4 Å². The third kappa shape index (κ3) is 2.99. The Morgan fingerprint density at radius 2 is 2.17 bits per heavy atom. The molecule has 1 aliphatic heterocycles. The number of pyridine rings is 2. The summed E-state index contributed by atoms with van der Waals surface area (Å²) in [4.78, 5) is 23.7. The van der Waals surface area contributed by atoms with Crippen LogP contribution in [0.15, 0.2) is 42.7 Å². The highest BCUT2D eigenvalue weighted by molar-refractivity contribution is 5.82. The van der Waals surface area contributed by atoms with E-state index in [0.29, 0.717) is 13.1 Å². The molecule has 1 unspecified atom stereocenters. The van der Waals surface area contributed by atoms with Crippen molar-refractivity contribution in [2.45, 2.75) is 32.2 Å². The van der Waals surface area contributed by atoms with Crippen molar-refractivity contribution in [2.24, 2.45) is 0 Å². The van der Waals surface area contributed by atoms with Crippen LogP contribution in [0.25, 0.3) is 27.9 Å². The number of amides is 1. The third-order valence-electron chi connectivity index (χ3n) is 5.76. The second-order valence-electron chi connectivity index (χ2n) is 7.63. The van der Waals surface area contributed by atoms with E-state index in [2.05, 4.69) is 9.67 Å². The van der Waals surface area contributed by atoms with E-state index >= 15 is 0 Å². The molecule has 0 bridgehead atoms. The minimum Gasteiger partial charge on any atom is -0.340 e. The lowest BCUT2D eigenvalue weighted by Crippen LogP contribution is -2.40. The average Bonchev–Trinajstić information content (AvgIpc) is 3.33. The van der Waals surface area contributed by atoms with Crippen LogP contribution in [-0.2, 0) is 4.79 Å². The van der Waals surface area contributed by atoms with Crippen molar-refractivity contribution >= 4 is 22.6 Å². The summed E-state index contributed by atoms with van der Waals surface area (Å²) in [6, 6.07) is 12.0. The maximum Gasteiger partial charge on any atom is 0.236 e. The van der Waals surface area contributed by atoms with Gasteiger partial charge in [-0.1, -0.05) is 6.07 Å². The van der Waals surface area contributed by atoms with Gasteiger partial charge in [0.25, 0.3) is 0 Å². The summed E-state index contributed by atoms with van der Waals surface area (Å²) in [6.07, 6.45) is 5.52. The van der Waals surface area contributed by atoms with Crippen LogP contribution < -0.4 is 0 Å². The standard InChI is InChI=1S/C22H21N7O/c1-15-25-19-8-7-18(17-13-24-28-12-3-2-6-20(17)28)26-22(19)29(15)16-5-4-11-27(14-16)21(30)9-10-23/h2-3,6-8,12-13,16H,4-5,9,11,14H2,1H3. The number of fused-ring (bicyclic) bond motifs is 2. The smallest absolute Gasteiger partial charge is 0.236 e. The number of likely N-dealkylation sites (tertiary alicyclic amines) is 1. The fourth-order valence-electron chi connectivity index (χ4n) is 4.38. The maximum absolute atomic E-state index is 12.2. The van der Waals surface area contributed by atoms with Gasteiger partial charge in [0, 0.05) is 24.8 Å². The number of nitrogens with zero attached hydrogens (tertiary/aromatic N) is 7. The van der Waals surface area contributed by atoms with Crippen LogP contribution in [-0.4, -0.2) is 48.0 Å². The molecule has 1 amide bonds. The summed E-state index contributed by atoms with van der Waals surface area (Å²) in [5, 5.41) is 13.3.